The molecule has 6 heteroatoms. The Bertz CT molecular complexity index is 723. The first-order valence-electron chi connectivity index (χ1n) is 8.09. The van der Waals surface area contributed by atoms with Crippen molar-refractivity contribution in [1.29, 1.82) is 0 Å². The van der Waals surface area contributed by atoms with E-state index >= 15 is 0 Å². The Morgan fingerprint density at radius 3 is 2.71 bits per heavy atom. The molecule has 0 radical (unpaired) electrons. The number of nitrogens with one attached hydrogen (secondary N) is 1. The minimum absolute atomic E-state index is 0.0814. The molecule has 24 heavy (non-hydrogen) atoms. The maximum absolute atomic E-state index is 12.5. The molecule has 1 atom stereocenters. The van der Waals surface area contributed by atoms with Crippen LogP contribution in [-0.4, -0.2) is 27.3 Å². The molecule has 0 saturated heterocycles. The lowest BCUT2D eigenvalue weighted by Crippen LogP contribution is -2.39. The van der Waals surface area contributed by atoms with E-state index in [0.29, 0.717) is 22.8 Å². The molecule has 0 spiro atoms. The Morgan fingerprint density at radius 2 is 2.12 bits per heavy atom. The molecular formula is C18H24ClN3O2. The third-order valence-electron chi connectivity index (χ3n) is 3.96. The first-order valence-corrected chi connectivity index (χ1v) is 8.46. The van der Waals surface area contributed by atoms with Crippen molar-refractivity contribution in [3.63, 3.8) is 0 Å². The van der Waals surface area contributed by atoms with E-state index < -0.39 is 5.60 Å². The molecule has 2 aromatic rings. The number of hydrogen-bond donors (Lipinski definition) is 2. The number of halogens is 1. The summed E-state index contributed by atoms with van der Waals surface area (Å²) in [4.78, 5) is 12.5. The van der Waals surface area contributed by atoms with E-state index in [0.717, 1.165) is 5.69 Å². The second-order valence-corrected chi connectivity index (χ2v) is 6.83. The highest BCUT2D eigenvalue weighted by molar-refractivity contribution is 6.30. The van der Waals surface area contributed by atoms with Gasteiger partial charge in [-0.3, -0.25) is 9.48 Å². The molecule has 0 aliphatic heterocycles. The minimum Gasteiger partial charge on any atom is -0.384 e. The standard InChI is InChI=1S/C18H24ClN3O2/c1-5-22-16(10-15(21-22)12(2)3)17(23)20-11-18(4,24)13-7-6-8-14(19)9-13/h6-10,12,24H,5,11H2,1-4H3,(H,20,23). The van der Waals surface area contributed by atoms with Gasteiger partial charge >= 0.3 is 0 Å². The average Bonchev–Trinajstić information content (AvgIpc) is 2.97. The number of amides is 1. The first kappa shape index (κ1) is 18.5. The number of carbonyl (C=O) groups is 1. The van der Waals surface area contributed by atoms with Crippen LogP contribution in [-0.2, 0) is 12.1 Å². The highest BCUT2D eigenvalue weighted by Crippen LogP contribution is 2.23. The molecule has 0 fully saturated rings. The SMILES string of the molecule is CCn1nc(C(C)C)cc1C(=O)NCC(C)(O)c1cccc(Cl)c1. The topological polar surface area (TPSA) is 67.2 Å². The van der Waals surface area contributed by atoms with Gasteiger partial charge in [-0.05, 0) is 43.5 Å². The summed E-state index contributed by atoms with van der Waals surface area (Å²) in [5.74, 6) is -0.00234. The smallest absolute Gasteiger partial charge is 0.269 e. The predicted octanol–water partition coefficient (Wildman–Crippen LogP) is 3.32. The quantitative estimate of drug-likeness (QED) is 0.840. The molecule has 2 rings (SSSR count). The molecule has 2 N–H and O–H groups in total. The zero-order chi connectivity index (χ0) is 17.9. The number of aromatic nitrogens is 2. The van der Waals surface area contributed by atoms with E-state index in [4.69, 9.17) is 11.6 Å². The van der Waals surface area contributed by atoms with Gasteiger partial charge in [0.1, 0.15) is 11.3 Å². The molecule has 5 nitrogen and oxygen atoms in total. The molecule has 1 heterocycles. The molecule has 0 saturated carbocycles. The molecule has 1 aromatic heterocycles. The Hall–Kier alpha value is -1.85. The summed E-state index contributed by atoms with van der Waals surface area (Å²) in [5, 5.41) is 18.4. The molecule has 0 aliphatic rings. The van der Waals surface area contributed by atoms with Gasteiger partial charge in [0.25, 0.3) is 5.91 Å². The summed E-state index contributed by atoms with van der Waals surface area (Å²) in [6.07, 6.45) is 0. The van der Waals surface area contributed by atoms with Gasteiger partial charge in [0.05, 0.1) is 12.2 Å². The van der Waals surface area contributed by atoms with Crippen molar-refractivity contribution < 1.29 is 9.90 Å². The fourth-order valence-electron chi connectivity index (χ4n) is 2.41. The van der Waals surface area contributed by atoms with E-state index in [-0.39, 0.29) is 18.4 Å². The second kappa shape index (κ2) is 7.36. The minimum atomic E-state index is -1.21. The van der Waals surface area contributed by atoms with Crippen LogP contribution in [0.2, 0.25) is 5.02 Å². The van der Waals surface area contributed by atoms with Gasteiger partial charge in [0.15, 0.2) is 0 Å². The summed E-state index contributed by atoms with van der Waals surface area (Å²) in [5.41, 5.74) is 0.826. The van der Waals surface area contributed by atoms with Crippen LogP contribution in [0.25, 0.3) is 0 Å². The zero-order valence-corrected chi connectivity index (χ0v) is 15.3. The van der Waals surface area contributed by atoms with Gasteiger partial charge in [-0.15, -0.1) is 0 Å². The van der Waals surface area contributed by atoms with Crippen LogP contribution in [0.15, 0.2) is 30.3 Å². The predicted molar refractivity (Wildman–Crippen MR) is 95.3 cm³/mol. The summed E-state index contributed by atoms with van der Waals surface area (Å²) in [7, 11) is 0. The van der Waals surface area contributed by atoms with Crippen LogP contribution in [0.4, 0.5) is 0 Å². The number of benzene rings is 1. The number of aliphatic hydroxyl groups is 1. The highest BCUT2D eigenvalue weighted by Gasteiger charge is 2.25. The van der Waals surface area contributed by atoms with Crippen LogP contribution >= 0.6 is 11.6 Å². The van der Waals surface area contributed by atoms with Crippen LogP contribution < -0.4 is 5.32 Å². The Kier molecular flexibility index (Phi) is 5.67. The lowest BCUT2D eigenvalue weighted by Gasteiger charge is -2.24. The number of rotatable bonds is 6. The van der Waals surface area contributed by atoms with Crippen molar-refractivity contribution in [2.75, 3.05) is 6.54 Å². The lowest BCUT2D eigenvalue weighted by atomic mass is 9.96. The van der Waals surface area contributed by atoms with Crippen molar-refractivity contribution in [2.45, 2.75) is 45.8 Å². The summed E-state index contributed by atoms with van der Waals surface area (Å²) in [6.45, 7) is 8.35. The Labute approximate surface area is 147 Å². The largest absolute Gasteiger partial charge is 0.384 e. The molecule has 1 aromatic carbocycles. The monoisotopic (exact) mass is 349 g/mol. The van der Waals surface area contributed by atoms with Crippen molar-refractivity contribution in [2.24, 2.45) is 0 Å². The van der Waals surface area contributed by atoms with E-state index in [1.807, 2.05) is 20.8 Å². The average molecular weight is 350 g/mol. The fourth-order valence-corrected chi connectivity index (χ4v) is 2.60. The van der Waals surface area contributed by atoms with Crippen molar-refractivity contribution in [1.82, 2.24) is 15.1 Å². The molecule has 130 valence electrons. The summed E-state index contributed by atoms with van der Waals surface area (Å²) >= 11 is 5.97. The van der Waals surface area contributed by atoms with E-state index in [9.17, 15) is 9.90 Å². The summed E-state index contributed by atoms with van der Waals surface area (Å²) in [6, 6.07) is 8.80. The van der Waals surface area contributed by atoms with Crippen LogP contribution in [0, 0.1) is 0 Å². The summed E-state index contributed by atoms with van der Waals surface area (Å²) < 4.78 is 1.68. The fraction of sp³-hybridized carbons (Fsp3) is 0.444. The van der Waals surface area contributed by atoms with E-state index in [1.165, 1.54) is 0 Å². The van der Waals surface area contributed by atoms with Crippen LogP contribution in [0.5, 0.6) is 0 Å². The van der Waals surface area contributed by atoms with Gasteiger partial charge in [-0.1, -0.05) is 37.6 Å². The Morgan fingerprint density at radius 1 is 1.42 bits per heavy atom. The molecular weight excluding hydrogens is 326 g/mol. The van der Waals surface area contributed by atoms with Gasteiger partial charge < -0.3 is 10.4 Å². The molecule has 1 amide bonds. The number of nitrogens with zero attached hydrogens (tertiary/aromatic N) is 2. The maximum atomic E-state index is 12.5. The highest BCUT2D eigenvalue weighted by atomic mass is 35.5. The number of hydrogen-bond acceptors (Lipinski definition) is 3. The van der Waals surface area contributed by atoms with Gasteiger partial charge in [-0.25, -0.2) is 0 Å². The van der Waals surface area contributed by atoms with Gasteiger partial charge in [0.2, 0.25) is 0 Å². The van der Waals surface area contributed by atoms with Crippen LogP contribution in [0.3, 0.4) is 0 Å². The third-order valence-corrected chi connectivity index (χ3v) is 4.20. The van der Waals surface area contributed by atoms with Crippen molar-refractivity contribution >= 4 is 17.5 Å². The normalized spacial score (nSPS) is 13.8. The van der Waals surface area contributed by atoms with Crippen molar-refractivity contribution in [3.05, 3.63) is 52.3 Å². The second-order valence-electron chi connectivity index (χ2n) is 6.39. The first-order chi connectivity index (χ1) is 11.2. The van der Waals surface area contributed by atoms with E-state index in [2.05, 4.69) is 10.4 Å². The molecule has 0 bridgehead atoms. The van der Waals surface area contributed by atoms with E-state index in [1.54, 1.807) is 41.9 Å². The zero-order valence-electron chi connectivity index (χ0n) is 14.5. The lowest BCUT2D eigenvalue weighted by molar-refractivity contribution is 0.0523. The molecule has 0 aliphatic carbocycles. The van der Waals surface area contributed by atoms with Crippen molar-refractivity contribution in [3.8, 4) is 0 Å². The van der Waals surface area contributed by atoms with Gasteiger partial charge in [-0.2, -0.15) is 5.10 Å². The number of aryl methyl sites for hydroxylation is 1. The number of carbonyl (C=O) groups excluding carboxylic acids is 1. The Balaban J connectivity index is 2.12. The molecule has 1 unspecified atom stereocenters. The third kappa shape index (κ3) is 4.16. The van der Waals surface area contributed by atoms with Crippen LogP contribution in [0.1, 0.15) is 55.4 Å². The van der Waals surface area contributed by atoms with Gasteiger partial charge in [0, 0.05) is 11.6 Å². The maximum Gasteiger partial charge on any atom is 0.269 e.